The van der Waals surface area contributed by atoms with Gasteiger partial charge in [0.15, 0.2) is 0 Å². The van der Waals surface area contributed by atoms with E-state index in [-0.39, 0.29) is 18.5 Å². The van der Waals surface area contributed by atoms with Gasteiger partial charge < -0.3 is 25.1 Å². The van der Waals surface area contributed by atoms with Gasteiger partial charge in [0.1, 0.15) is 24.2 Å². The number of ether oxygens (including phenoxy) is 1. The number of carbonyl (C=O) groups excluding carboxylic acids is 2. The SMILES string of the molecule is Cc1ccc(OC[C@@H](C)NC(=O)N[C@H](C)C(=O)NCc2ccco2)cc1. The fourth-order valence-electron chi connectivity index (χ4n) is 2.17. The lowest BCUT2D eigenvalue weighted by atomic mass is 10.2. The molecule has 3 amide bonds. The highest BCUT2D eigenvalue weighted by Crippen LogP contribution is 2.11. The first-order valence-electron chi connectivity index (χ1n) is 8.50. The summed E-state index contributed by atoms with van der Waals surface area (Å²) in [6.07, 6.45) is 1.54. The van der Waals surface area contributed by atoms with Crippen LogP contribution in [0.15, 0.2) is 47.1 Å². The molecule has 140 valence electrons. The highest BCUT2D eigenvalue weighted by atomic mass is 16.5. The fourth-order valence-corrected chi connectivity index (χ4v) is 2.17. The van der Waals surface area contributed by atoms with Crippen LogP contribution in [0.4, 0.5) is 4.79 Å². The third kappa shape index (κ3) is 6.51. The third-order valence-electron chi connectivity index (χ3n) is 3.66. The van der Waals surface area contributed by atoms with Gasteiger partial charge in [0.05, 0.1) is 18.8 Å². The Balaban J connectivity index is 1.67. The molecule has 0 aliphatic rings. The molecule has 1 aromatic carbocycles. The molecule has 0 aliphatic heterocycles. The maximum atomic E-state index is 12.0. The number of hydrogen-bond acceptors (Lipinski definition) is 4. The van der Waals surface area contributed by atoms with Gasteiger partial charge in [-0.05, 0) is 45.0 Å². The summed E-state index contributed by atoms with van der Waals surface area (Å²) >= 11 is 0. The zero-order valence-electron chi connectivity index (χ0n) is 15.2. The van der Waals surface area contributed by atoms with Gasteiger partial charge in [-0.15, -0.1) is 0 Å². The molecule has 0 radical (unpaired) electrons. The Morgan fingerprint density at radius 1 is 1.12 bits per heavy atom. The van der Waals surface area contributed by atoms with Crippen molar-refractivity contribution in [2.24, 2.45) is 0 Å². The van der Waals surface area contributed by atoms with Gasteiger partial charge in [-0.1, -0.05) is 17.7 Å². The fraction of sp³-hybridized carbons (Fsp3) is 0.368. The minimum atomic E-state index is -0.671. The average molecular weight is 359 g/mol. The molecule has 1 heterocycles. The second-order valence-corrected chi connectivity index (χ2v) is 6.16. The zero-order valence-corrected chi connectivity index (χ0v) is 15.2. The van der Waals surface area contributed by atoms with Crippen molar-refractivity contribution in [1.82, 2.24) is 16.0 Å². The quantitative estimate of drug-likeness (QED) is 0.675. The average Bonchev–Trinajstić information content (AvgIpc) is 3.12. The summed E-state index contributed by atoms with van der Waals surface area (Å²) in [5.41, 5.74) is 1.15. The van der Waals surface area contributed by atoms with Crippen molar-refractivity contribution >= 4 is 11.9 Å². The summed E-state index contributed by atoms with van der Waals surface area (Å²) in [5, 5.41) is 8.04. The van der Waals surface area contributed by atoms with Gasteiger partial charge in [0.2, 0.25) is 5.91 Å². The molecule has 0 aliphatic carbocycles. The van der Waals surface area contributed by atoms with Crippen molar-refractivity contribution in [1.29, 1.82) is 0 Å². The first-order chi connectivity index (χ1) is 12.4. The van der Waals surface area contributed by atoms with Crippen molar-refractivity contribution in [2.75, 3.05) is 6.61 Å². The standard InChI is InChI=1S/C19H25N3O4/c1-13-6-8-16(9-7-13)26-12-14(2)21-19(24)22-15(3)18(23)20-11-17-5-4-10-25-17/h4-10,14-15H,11-12H2,1-3H3,(H,20,23)(H2,21,22,24)/t14-,15-/m1/s1. The second-order valence-electron chi connectivity index (χ2n) is 6.16. The van der Waals surface area contributed by atoms with Gasteiger partial charge in [-0.25, -0.2) is 4.79 Å². The van der Waals surface area contributed by atoms with E-state index >= 15 is 0 Å². The van der Waals surface area contributed by atoms with E-state index in [0.717, 1.165) is 11.3 Å². The Hall–Kier alpha value is -2.96. The van der Waals surface area contributed by atoms with E-state index in [2.05, 4.69) is 16.0 Å². The third-order valence-corrected chi connectivity index (χ3v) is 3.66. The van der Waals surface area contributed by atoms with Crippen LogP contribution in [-0.4, -0.2) is 30.6 Å². The van der Waals surface area contributed by atoms with Crippen LogP contribution in [-0.2, 0) is 11.3 Å². The normalized spacial score (nSPS) is 12.7. The summed E-state index contributed by atoms with van der Waals surface area (Å²) in [5.74, 6) is 1.10. The predicted octanol–water partition coefficient (Wildman–Crippen LogP) is 2.36. The molecule has 0 bridgehead atoms. The van der Waals surface area contributed by atoms with Crippen LogP contribution in [0.1, 0.15) is 25.2 Å². The van der Waals surface area contributed by atoms with Crippen molar-refractivity contribution in [3.63, 3.8) is 0 Å². The van der Waals surface area contributed by atoms with E-state index in [9.17, 15) is 9.59 Å². The number of aryl methyl sites for hydroxylation is 1. The number of carbonyl (C=O) groups is 2. The highest BCUT2D eigenvalue weighted by molar-refractivity contribution is 5.86. The Morgan fingerprint density at radius 2 is 1.85 bits per heavy atom. The van der Waals surface area contributed by atoms with E-state index in [1.807, 2.05) is 38.1 Å². The molecular weight excluding hydrogens is 334 g/mol. The highest BCUT2D eigenvalue weighted by Gasteiger charge is 2.17. The van der Waals surface area contributed by atoms with E-state index in [0.29, 0.717) is 12.4 Å². The summed E-state index contributed by atoms with van der Waals surface area (Å²) in [6, 6.07) is 9.89. The molecule has 0 saturated carbocycles. The lowest BCUT2D eigenvalue weighted by Gasteiger charge is -2.18. The number of nitrogens with one attached hydrogen (secondary N) is 3. The van der Waals surface area contributed by atoms with Crippen LogP contribution in [0.2, 0.25) is 0 Å². The van der Waals surface area contributed by atoms with Gasteiger partial charge in [0.25, 0.3) is 0 Å². The molecule has 2 aromatic rings. The molecule has 2 atom stereocenters. The summed E-state index contributed by atoms with van der Waals surface area (Å²) in [4.78, 5) is 24.0. The van der Waals surface area contributed by atoms with Crippen LogP contribution < -0.4 is 20.7 Å². The Bertz CT molecular complexity index is 698. The van der Waals surface area contributed by atoms with E-state index in [1.54, 1.807) is 19.1 Å². The Morgan fingerprint density at radius 3 is 2.50 bits per heavy atom. The van der Waals surface area contributed by atoms with Crippen molar-refractivity contribution < 1.29 is 18.7 Å². The molecule has 0 fully saturated rings. The summed E-state index contributed by atoms with van der Waals surface area (Å²) < 4.78 is 10.8. The molecule has 7 nitrogen and oxygen atoms in total. The van der Waals surface area contributed by atoms with Crippen LogP contribution >= 0.6 is 0 Å². The first-order valence-corrected chi connectivity index (χ1v) is 8.50. The number of urea groups is 1. The van der Waals surface area contributed by atoms with Gasteiger partial charge >= 0.3 is 6.03 Å². The predicted molar refractivity (Wildman–Crippen MR) is 97.8 cm³/mol. The lowest BCUT2D eigenvalue weighted by molar-refractivity contribution is -0.122. The maximum absolute atomic E-state index is 12.0. The molecule has 7 heteroatoms. The number of amides is 3. The molecule has 0 spiro atoms. The van der Waals surface area contributed by atoms with Crippen LogP contribution in [0, 0.1) is 6.92 Å². The molecule has 3 N–H and O–H groups in total. The number of hydrogen-bond donors (Lipinski definition) is 3. The summed E-state index contributed by atoms with van der Waals surface area (Å²) in [6.45, 7) is 6.06. The topological polar surface area (TPSA) is 92.6 Å². The van der Waals surface area contributed by atoms with Crippen LogP contribution in [0.5, 0.6) is 5.75 Å². The lowest BCUT2D eigenvalue weighted by Crippen LogP contribution is -2.51. The molecule has 1 aromatic heterocycles. The Kier molecular flexibility index (Phi) is 7.08. The van der Waals surface area contributed by atoms with Crippen molar-refractivity contribution in [2.45, 2.75) is 39.4 Å². The molecule has 2 rings (SSSR count). The largest absolute Gasteiger partial charge is 0.491 e. The van der Waals surface area contributed by atoms with Crippen LogP contribution in [0.3, 0.4) is 0 Å². The minimum absolute atomic E-state index is 0.213. The number of rotatable bonds is 8. The smallest absolute Gasteiger partial charge is 0.315 e. The van der Waals surface area contributed by atoms with Crippen LogP contribution in [0.25, 0.3) is 0 Å². The number of furan rings is 1. The van der Waals surface area contributed by atoms with E-state index in [1.165, 1.54) is 6.26 Å². The summed E-state index contributed by atoms with van der Waals surface area (Å²) in [7, 11) is 0. The second kappa shape index (κ2) is 9.50. The molecule has 0 unspecified atom stereocenters. The van der Waals surface area contributed by atoms with Crippen molar-refractivity contribution in [3.05, 3.63) is 54.0 Å². The van der Waals surface area contributed by atoms with E-state index in [4.69, 9.17) is 9.15 Å². The molecular formula is C19H25N3O4. The van der Waals surface area contributed by atoms with E-state index < -0.39 is 12.1 Å². The zero-order chi connectivity index (χ0) is 18.9. The van der Waals surface area contributed by atoms with Gasteiger partial charge in [0, 0.05) is 0 Å². The monoisotopic (exact) mass is 359 g/mol. The maximum Gasteiger partial charge on any atom is 0.315 e. The minimum Gasteiger partial charge on any atom is -0.491 e. The number of benzene rings is 1. The molecule has 0 saturated heterocycles. The van der Waals surface area contributed by atoms with Crippen molar-refractivity contribution in [3.8, 4) is 5.75 Å². The first kappa shape index (κ1) is 19.4. The Labute approximate surface area is 153 Å². The van der Waals surface area contributed by atoms with Gasteiger partial charge in [-0.3, -0.25) is 4.79 Å². The van der Waals surface area contributed by atoms with Gasteiger partial charge in [-0.2, -0.15) is 0 Å². The molecule has 26 heavy (non-hydrogen) atoms.